The Bertz CT molecular complexity index is 590. The van der Waals surface area contributed by atoms with Gasteiger partial charge in [0.25, 0.3) is 0 Å². The van der Waals surface area contributed by atoms with E-state index in [9.17, 15) is 5.11 Å². The highest BCUT2D eigenvalue weighted by Crippen LogP contribution is 2.33. The lowest BCUT2D eigenvalue weighted by Crippen LogP contribution is -2.29. The molecule has 19 heavy (non-hydrogen) atoms. The summed E-state index contributed by atoms with van der Waals surface area (Å²) in [7, 11) is -1.47. The molecule has 1 nitrogen and oxygen atoms in total. The molecule has 2 heteroatoms. The molecule has 0 aliphatic heterocycles. The van der Waals surface area contributed by atoms with Crippen molar-refractivity contribution in [3.63, 3.8) is 0 Å². The Hall–Kier alpha value is -1.38. The Morgan fingerprint density at radius 2 is 1.74 bits per heavy atom. The predicted octanol–water partition coefficient (Wildman–Crippen LogP) is 4.35. The highest BCUT2D eigenvalue weighted by Gasteiger charge is 2.26. The van der Waals surface area contributed by atoms with E-state index in [2.05, 4.69) is 62.6 Å². The van der Waals surface area contributed by atoms with Gasteiger partial charge in [0.2, 0.25) is 0 Å². The topological polar surface area (TPSA) is 20.2 Å². The molecule has 1 N–H and O–H groups in total. The number of hydrogen-bond acceptors (Lipinski definition) is 1. The standard InChI is InChI=1S/C17H22OSi/c1-13(19(2,3)4)17(12-18)16-11-7-9-14-8-5-6-10-15(14)16/h5-11,17-18H,1,12H2,2-4H3/t17-/m0/s1. The van der Waals surface area contributed by atoms with E-state index in [4.69, 9.17) is 0 Å². The zero-order valence-electron chi connectivity index (χ0n) is 12.0. The third kappa shape index (κ3) is 2.80. The summed E-state index contributed by atoms with van der Waals surface area (Å²) in [5.74, 6) is 0.0535. The molecule has 100 valence electrons. The predicted molar refractivity (Wildman–Crippen MR) is 86.3 cm³/mol. The van der Waals surface area contributed by atoms with Gasteiger partial charge in [0, 0.05) is 5.92 Å². The van der Waals surface area contributed by atoms with Gasteiger partial charge in [0.15, 0.2) is 0 Å². The summed E-state index contributed by atoms with van der Waals surface area (Å²) < 4.78 is 0. The maximum absolute atomic E-state index is 9.83. The van der Waals surface area contributed by atoms with Gasteiger partial charge in [0.05, 0.1) is 14.7 Å². The quantitative estimate of drug-likeness (QED) is 0.819. The molecule has 0 heterocycles. The first-order valence-corrected chi connectivity index (χ1v) is 10.2. The maximum atomic E-state index is 9.83. The first-order chi connectivity index (χ1) is 8.95. The number of aliphatic hydroxyl groups is 1. The van der Waals surface area contributed by atoms with Crippen LogP contribution in [0.2, 0.25) is 19.6 Å². The van der Waals surface area contributed by atoms with Crippen molar-refractivity contribution in [3.05, 3.63) is 59.8 Å². The second kappa shape index (κ2) is 5.31. The van der Waals surface area contributed by atoms with Crippen LogP contribution in [0.25, 0.3) is 10.8 Å². The van der Waals surface area contributed by atoms with Crippen LogP contribution in [0, 0.1) is 0 Å². The largest absolute Gasteiger partial charge is 0.395 e. The van der Waals surface area contributed by atoms with E-state index in [1.165, 1.54) is 21.5 Å². The minimum Gasteiger partial charge on any atom is -0.395 e. The molecule has 0 amide bonds. The van der Waals surface area contributed by atoms with Crippen LogP contribution in [-0.4, -0.2) is 19.8 Å². The molecule has 0 bridgehead atoms. The fourth-order valence-electron chi connectivity index (χ4n) is 2.47. The van der Waals surface area contributed by atoms with E-state index >= 15 is 0 Å². The first-order valence-electron chi connectivity index (χ1n) is 6.73. The van der Waals surface area contributed by atoms with Gasteiger partial charge in [-0.2, -0.15) is 0 Å². The van der Waals surface area contributed by atoms with Crippen LogP contribution >= 0.6 is 0 Å². The molecular weight excluding hydrogens is 248 g/mol. The average Bonchev–Trinajstić information content (AvgIpc) is 2.38. The fourth-order valence-corrected chi connectivity index (χ4v) is 3.77. The lowest BCUT2D eigenvalue weighted by atomic mass is 9.94. The Morgan fingerprint density at radius 1 is 1.11 bits per heavy atom. The highest BCUT2D eigenvalue weighted by atomic mass is 28.3. The summed E-state index contributed by atoms with van der Waals surface area (Å²) in [5, 5.41) is 13.5. The van der Waals surface area contributed by atoms with Crippen LogP contribution < -0.4 is 0 Å². The van der Waals surface area contributed by atoms with Crippen LogP contribution in [0.3, 0.4) is 0 Å². The number of fused-ring (bicyclic) bond motifs is 1. The molecule has 0 saturated carbocycles. The Morgan fingerprint density at radius 3 is 2.37 bits per heavy atom. The van der Waals surface area contributed by atoms with Crippen LogP contribution in [0.1, 0.15) is 11.5 Å². The smallest absolute Gasteiger partial charge is 0.0725 e. The number of hydrogen-bond donors (Lipinski definition) is 1. The van der Waals surface area contributed by atoms with E-state index in [1.807, 2.05) is 6.07 Å². The number of rotatable bonds is 4. The van der Waals surface area contributed by atoms with Crippen molar-refractivity contribution in [1.82, 2.24) is 0 Å². The van der Waals surface area contributed by atoms with Gasteiger partial charge in [-0.3, -0.25) is 0 Å². The maximum Gasteiger partial charge on any atom is 0.0725 e. The van der Waals surface area contributed by atoms with E-state index in [-0.39, 0.29) is 12.5 Å². The summed E-state index contributed by atoms with van der Waals surface area (Å²) in [5.41, 5.74) is 1.20. The van der Waals surface area contributed by atoms with Crippen LogP contribution in [0.5, 0.6) is 0 Å². The van der Waals surface area contributed by atoms with Crippen molar-refractivity contribution in [1.29, 1.82) is 0 Å². The van der Waals surface area contributed by atoms with Gasteiger partial charge in [-0.25, -0.2) is 0 Å². The number of benzene rings is 2. The van der Waals surface area contributed by atoms with E-state index < -0.39 is 8.07 Å². The van der Waals surface area contributed by atoms with Gasteiger partial charge in [-0.05, 0) is 16.3 Å². The van der Waals surface area contributed by atoms with E-state index in [0.29, 0.717) is 0 Å². The molecule has 0 aromatic heterocycles. The second-order valence-electron chi connectivity index (χ2n) is 6.08. The molecule has 1 atom stereocenters. The molecule has 0 aliphatic carbocycles. The zero-order valence-corrected chi connectivity index (χ0v) is 13.0. The summed E-state index contributed by atoms with van der Waals surface area (Å²) in [6.45, 7) is 11.3. The zero-order chi connectivity index (χ0) is 14.0. The Kier molecular flexibility index (Phi) is 3.93. The lowest BCUT2D eigenvalue weighted by Gasteiger charge is -2.28. The van der Waals surface area contributed by atoms with Gasteiger partial charge in [-0.15, -0.1) is 6.58 Å². The molecule has 2 aromatic carbocycles. The van der Waals surface area contributed by atoms with E-state index in [1.54, 1.807) is 0 Å². The fraction of sp³-hybridized carbons (Fsp3) is 0.294. The average molecular weight is 270 g/mol. The number of aliphatic hydroxyl groups excluding tert-OH is 1. The van der Waals surface area contributed by atoms with Gasteiger partial charge < -0.3 is 5.11 Å². The minimum atomic E-state index is -1.47. The summed E-state index contributed by atoms with van der Waals surface area (Å²) >= 11 is 0. The SMILES string of the molecule is C=C([C@H](CO)c1cccc2ccccc12)[Si](C)(C)C. The van der Waals surface area contributed by atoms with Crippen molar-refractivity contribution in [3.8, 4) is 0 Å². The van der Waals surface area contributed by atoms with Crippen molar-refractivity contribution in [2.75, 3.05) is 6.61 Å². The Balaban J connectivity index is 2.56. The lowest BCUT2D eigenvalue weighted by molar-refractivity contribution is 0.282. The summed E-state index contributed by atoms with van der Waals surface area (Å²) in [6.07, 6.45) is 0. The van der Waals surface area contributed by atoms with Gasteiger partial charge >= 0.3 is 0 Å². The first kappa shape index (κ1) is 14.0. The van der Waals surface area contributed by atoms with Crippen molar-refractivity contribution in [2.24, 2.45) is 0 Å². The van der Waals surface area contributed by atoms with Crippen LogP contribution in [0.15, 0.2) is 54.2 Å². The molecule has 0 fully saturated rings. The van der Waals surface area contributed by atoms with Crippen LogP contribution in [-0.2, 0) is 0 Å². The normalized spacial score (nSPS) is 13.5. The molecule has 2 aromatic rings. The third-order valence-corrected chi connectivity index (χ3v) is 6.04. The van der Waals surface area contributed by atoms with Crippen molar-refractivity contribution >= 4 is 18.8 Å². The molecule has 0 radical (unpaired) electrons. The van der Waals surface area contributed by atoms with E-state index in [0.717, 1.165) is 0 Å². The van der Waals surface area contributed by atoms with Crippen LogP contribution in [0.4, 0.5) is 0 Å². The highest BCUT2D eigenvalue weighted by molar-refractivity contribution is 6.83. The third-order valence-electron chi connectivity index (χ3n) is 3.77. The second-order valence-corrected chi connectivity index (χ2v) is 11.2. The van der Waals surface area contributed by atoms with Gasteiger partial charge in [-0.1, -0.05) is 67.3 Å². The van der Waals surface area contributed by atoms with Crippen molar-refractivity contribution in [2.45, 2.75) is 25.6 Å². The summed E-state index contributed by atoms with van der Waals surface area (Å²) in [6, 6.07) is 14.7. The monoisotopic (exact) mass is 270 g/mol. The molecule has 0 saturated heterocycles. The molecular formula is C17H22OSi. The minimum absolute atomic E-state index is 0.0535. The molecule has 0 aliphatic rings. The molecule has 2 rings (SSSR count). The molecule has 0 spiro atoms. The van der Waals surface area contributed by atoms with Gasteiger partial charge in [0.1, 0.15) is 0 Å². The Labute approximate surface area is 116 Å². The summed E-state index contributed by atoms with van der Waals surface area (Å²) in [4.78, 5) is 0. The molecule has 0 unspecified atom stereocenters. The van der Waals surface area contributed by atoms with Crippen molar-refractivity contribution < 1.29 is 5.11 Å².